The molecule has 4 aromatic rings. The summed E-state index contributed by atoms with van der Waals surface area (Å²) in [6.07, 6.45) is 12.1. The van der Waals surface area contributed by atoms with Crippen molar-refractivity contribution in [1.82, 2.24) is 24.7 Å². The molecule has 0 spiro atoms. The van der Waals surface area contributed by atoms with E-state index in [1.807, 2.05) is 37.6 Å². The first kappa shape index (κ1) is 21.3. The van der Waals surface area contributed by atoms with Crippen molar-refractivity contribution in [1.29, 1.82) is 10.5 Å². The molecule has 0 bridgehead atoms. The lowest BCUT2D eigenvalue weighted by Gasteiger charge is -2.28. The van der Waals surface area contributed by atoms with Gasteiger partial charge >= 0.3 is 0 Å². The molecular formula is C25H23N7S. The van der Waals surface area contributed by atoms with Crippen LogP contribution in [0.4, 0.5) is 0 Å². The average molecular weight is 454 g/mol. The van der Waals surface area contributed by atoms with Gasteiger partial charge < -0.3 is 5.32 Å². The minimum absolute atomic E-state index is 0.415. The summed E-state index contributed by atoms with van der Waals surface area (Å²) in [6, 6.07) is 15.1. The summed E-state index contributed by atoms with van der Waals surface area (Å²) in [5.74, 6) is 0. The van der Waals surface area contributed by atoms with Crippen LogP contribution in [0.3, 0.4) is 0 Å². The molecule has 3 heterocycles. The Morgan fingerprint density at radius 2 is 1.73 bits per heavy atom. The standard InChI is InChI=1S/C25H23N7S/c1-28-21-6-8-22(9-7-21)31-16-20(14-29-31)18-10-24(25-19(12-27)13-30-32(25)15-18)33-23-5-3-2-4-17(23)11-26/h2-5,10,13-16,21-22,28H,6-9H2,1H3. The number of nitriles is 2. The summed E-state index contributed by atoms with van der Waals surface area (Å²) in [7, 11) is 2.03. The molecule has 0 atom stereocenters. The fourth-order valence-corrected chi connectivity index (χ4v) is 5.58. The first-order valence-corrected chi connectivity index (χ1v) is 11.8. The fourth-order valence-electron chi connectivity index (χ4n) is 4.48. The predicted octanol–water partition coefficient (Wildman–Crippen LogP) is 4.80. The lowest BCUT2D eigenvalue weighted by Crippen LogP contribution is -2.31. The van der Waals surface area contributed by atoms with Crippen LogP contribution in [0.25, 0.3) is 16.6 Å². The Kier molecular flexibility index (Phi) is 5.87. The quantitative estimate of drug-likeness (QED) is 0.467. The van der Waals surface area contributed by atoms with E-state index in [0.29, 0.717) is 23.2 Å². The van der Waals surface area contributed by atoms with E-state index >= 15 is 0 Å². The molecule has 5 rings (SSSR count). The van der Waals surface area contributed by atoms with Crippen molar-refractivity contribution in [2.45, 2.75) is 47.6 Å². The second-order valence-electron chi connectivity index (χ2n) is 8.27. The maximum atomic E-state index is 9.60. The number of pyridine rings is 1. The molecule has 3 aromatic heterocycles. The highest BCUT2D eigenvalue weighted by Gasteiger charge is 2.22. The highest BCUT2D eigenvalue weighted by Crippen LogP contribution is 2.37. The minimum Gasteiger partial charge on any atom is -0.317 e. The maximum absolute atomic E-state index is 9.60. The van der Waals surface area contributed by atoms with E-state index in [1.165, 1.54) is 11.8 Å². The van der Waals surface area contributed by atoms with Crippen molar-refractivity contribution in [3.05, 3.63) is 66.2 Å². The summed E-state index contributed by atoms with van der Waals surface area (Å²) in [6.45, 7) is 0. The number of benzene rings is 1. The molecule has 0 amide bonds. The number of hydrogen-bond acceptors (Lipinski definition) is 6. The maximum Gasteiger partial charge on any atom is 0.103 e. The van der Waals surface area contributed by atoms with Gasteiger partial charge in [-0.05, 0) is 50.9 Å². The van der Waals surface area contributed by atoms with Crippen LogP contribution in [0.1, 0.15) is 42.9 Å². The van der Waals surface area contributed by atoms with Crippen molar-refractivity contribution in [3.8, 4) is 23.3 Å². The van der Waals surface area contributed by atoms with Crippen LogP contribution in [0.15, 0.2) is 64.9 Å². The van der Waals surface area contributed by atoms with Gasteiger partial charge in [-0.3, -0.25) is 4.68 Å². The summed E-state index contributed by atoms with van der Waals surface area (Å²) < 4.78 is 3.84. The van der Waals surface area contributed by atoms with Crippen LogP contribution in [0.2, 0.25) is 0 Å². The molecule has 33 heavy (non-hydrogen) atoms. The van der Waals surface area contributed by atoms with Crippen molar-refractivity contribution < 1.29 is 0 Å². The zero-order valence-electron chi connectivity index (χ0n) is 18.3. The molecule has 164 valence electrons. The SMILES string of the molecule is CNC1CCC(n2cc(-c3cc(Sc4ccccc4C#N)c4c(C#N)cnn4c3)cn2)CC1. The lowest BCUT2D eigenvalue weighted by atomic mass is 9.91. The monoisotopic (exact) mass is 453 g/mol. The zero-order valence-corrected chi connectivity index (χ0v) is 19.1. The van der Waals surface area contributed by atoms with Gasteiger partial charge in [-0.15, -0.1) is 0 Å². The summed E-state index contributed by atoms with van der Waals surface area (Å²) in [5.41, 5.74) is 3.85. The number of hydrogen-bond donors (Lipinski definition) is 1. The Morgan fingerprint density at radius 1 is 0.939 bits per heavy atom. The van der Waals surface area contributed by atoms with Crippen LogP contribution in [0, 0.1) is 22.7 Å². The largest absolute Gasteiger partial charge is 0.317 e. The van der Waals surface area contributed by atoms with Crippen molar-refractivity contribution in [3.63, 3.8) is 0 Å². The van der Waals surface area contributed by atoms with Gasteiger partial charge in [0.05, 0.1) is 35.1 Å². The third-order valence-electron chi connectivity index (χ3n) is 6.34. The first-order valence-electron chi connectivity index (χ1n) is 11.0. The fraction of sp³-hybridized carbons (Fsp3) is 0.280. The molecule has 0 saturated heterocycles. The number of aromatic nitrogens is 4. The second kappa shape index (κ2) is 9.11. The zero-order chi connectivity index (χ0) is 22.8. The average Bonchev–Trinajstić information content (AvgIpc) is 3.52. The smallest absolute Gasteiger partial charge is 0.103 e. The van der Waals surface area contributed by atoms with E-state index in [0.717, 1.165) is 52.1 Å². The molecule has 1 aromatic carbocycles. The first-order chi connectivity index (χ1) is 16.2. The van der Waals surface area contributed by atoms with E-state index in [9.17, 15) is 10.5 Å². The van der Waals surface area contributed by atoms with E-state index < -0.39 is 0 Å². The molecule has 8 heteroatoms. The lowest BCUT2D eigenvalue weighted by molar-refractivity contribution is 0.284. The van der Waals surface area contributed by atoms with Crippen molar-refractivity contribution in [2.75, 3.05) is 7.05 Å². The minimum atomic E-state index is 0.415. The Hall–Kier alpha value is -3.59. The van der Waals surface area contributed by atoms with Crippen molar-refractivity contribution in [2.24, 2.45) is 0 Å². The molecule has 1 N–H and O–H groups in total. The third-order valence-corrected chi connectivity index (χ3v) is 7.45. The van der Waals surface area contributed by atoms with Crippen LogP contribution in [-0.2, 0) is 0 Å². The van der Waals surface area contributed by atoms with Crippen LogP contribution in [0.5, 0.6) is 0 Å². The second-order valence-corrected chi connectivity index (χ2v) is 9.35. The predicted molar refractivity (Wildman–Crippen MR) is 127 cm³/mol. The highest BCUT2D eigenvalue weighted by molar-refractivity contribution is 7.99. The van der Waals surface area contributed by atoms with Gasteiger partial charge in [0.1, 0.15) is 12.1 Å². The number of nitrogens with zero attached hydrogens (tertiary/aromatic N) is 6. The molecule has 0 unspecified atom stereocenters. The van der Waals surface area contributed by atoms with E-state index in [1.54, 1.807) is 16.8 Å². The Morgan fingerprint density at radius 3 is 2.48 bits per heavy atom. The Bertz CT molecular complexity index is 1380. The molecular weight excluding hydrogens is 430 g/mol. The van der Waals surface area contributed by atoms with Gasteiger partial charge in [0.2, 0.25) is 0 Å². The van der Waals surface area contributed by atoms with Gasteiger partial charge in [0, 0.05) is 39.4 Å². The summed E-state index contributed by atoms with van der Waals surface area (Å²) >= 11 is 1.48. The number of fused-ring (bicyclic) bond motifs is 1. The topological polar surface area (TPSA) is 94.7 Å². The molecule has 1 fully saturated rings. The highest BCUT2D eigenvalue weighted by atomic mass is 32.2. The van der Waals surface area contributed by atoms with Gasteiger partial charge in [0.15, 0.2) is 0 Å². The number of nitrogens with one attached hydrogen (secondary N) is 1. The van der Waals surface area contributed by atoms with Crippen molar-refractivity contribution >= 4 is 17.3 Å². The molecule has 1 aliphatic carbocycles. The molecule has 0 radical (unpaired) electrons. The molecule has 1 aliphatic rings. The Balaban J connectivity index is 1.52. The van der Waals surface area contributed by atoms with Gasteiger partial charge in [-0.1, -0.05) is 23.9 Å². The van der Waals surface area contributed by atoms with E-state index in [4.69, 9.17) is 0 Å². The van der Waals surface area contributed by atoms with E-state index in [-0.39, 0.29) is 0 Å². The van der Waals surface area contributed by atoms with Crippen LogP contribution < -0.4 is 5.32 Å². The van der Waals surface area contributed by atoms with Gasteiger partial charge in [0.25, 0.3) is 0 Å². The van der Waals surface area contributed by atoms with Gasteiger partial charge in [-0.2, -0.15) is 20.7 Å². The van der Waals surface area contributed by atoms with Crippen LogP contribution >= 0.6 is 11.8 Å². The third kappa shape index (κ3) is 4.11. The normalized spacial score (nSPS) is 18.2. The molecule has 7 nitrogen and oxygen atoms in total. The van der Waals surface area contributed by atoms with Gasteiger partial charge in [-0.25, -0.2) is 4.52 Å². The molecule has 0 aliphatic heterocycles. The number of rotatable bonds is 5. The van der Waals surface area contributed by atoms with E-state index in [2.05, 4.69) is 44.6 Å². The summed E-state index contributed by atoms with van der Waals surface area (Å²) in [5, 5.41) is 31.6. The molecule has 1 saturated carbocycles. The van der Waals surface area contributed by atoms with Crippen LogP contribution in [-0.4, -0.2) is 32.5 Å². The Labute approximate surface area is 196 Å². The summed E-state index contributed by atoms with van der Waals surface area (Å²) in [4.78, 5) is 1.73.